The molecule has 0 saturated heterocycles. The minimum absolute atomic E-state index is 0.195. The predicted molar refractivity (Wildman–Crippen MR) is 62.4 cm³/mol. The molecular formula is C11H14BrNO2. The Balaban J connectivity index is 2.47. The summed E-state index contributed by atoms with van der Waals surface area (Å²) >= 11 is 3.42. The van der Waals surface area contributed by atoms with Crippen LogP contribution in [0, 0.1) is 0 Å². The average Bonchev–Trinajstić information content (AvgIpc) is 2.56. The smallest absolute Gasteiger partial charge is 0.134 e. The second-order valence-electron chi connectivity index (χ2n) is 3.84. The number of nitrogens with one attached hydrogen (secondary N) is 1. The van der Waals surface area contributed by atoms with Crippen molar-refractivity contribution in [2.75, 3.05) is 7.05 Å². The van der Waals surface area contributed by atoms with Gasteiger partial charge in [0.25, 0.3) is 0 Å². The lowest BCUT2D eigenvalue weighted by Crippen LogP contribution is -2.06. The van der Waals surface area contributed by atoms with Crippen molar-refractivity contribution in [2.24, 2.45) is 0 Å². The van der Waals surface area contributed by atoms with Crippen molar-refractivity contribution in [1.82, 2.24) is 5.32 Å². The van der Waals surface area contributed by atoms with E-state index in [9.17, 15) is 5.11 Å². The van der Waals surface area contributed by atoms with E-state index in [1.165, 1.54) is 0 Å². The lowest BCUT2D eigenvalue weighted by Gasteiger charge is -2.09. The van der Waals surface area contributed by atoms with Gasteiger partial charge in [-0.2, -0.15) is 0 Å². The molecule has 1 atom stereocenters. The van der Waals surface area contributed by atoms with Gasteiger partial charge in [0.2, 0.25) is 0 Å². The maximum atomic E-state index is 9.94. The first-order chi connectivity index (χ1) is 7.13. The van der Waals surface area contributed by atoms with Crippen molar-refractivity contribution in [2.45, 2.75) is 26.0 Å². The number of fused-ring (bicyclic) bond motifs is 1. The van der Waals surface area contributed by atoms with Crippen LogP contribution >= 0.6 is 15.9 Å². The molecule has 15 heavy (non-hydrogen) atoms. The number of ether oxygens (including phenoxy) is 1. The van der Waals surface area contributed by atoms with E-state index in [1.54, 1.807) is 0 Å². The molecule has 1 heterocycles. The highest BCUT2D eigenvalue weighted by molar-refractivity contribution is 9.10. The molecule has 0 radical (unpaired) electrons. The van der Waals surface area contributed by atoms with Gasteiger partial charge in [-0.25, -0.2) is 0 Å². The second-order valence-corrected chi connectivity index (χ2v) is 4.63. The highest BCUT2D eigenvalue weighted by atomic mass is 79.9. The van der Waals surface area contributed by atoms with E-state index in [1.807, 2.05) is 20.0 Å². The zero-order valence-corrected chi connectivity index (χ0v) is 10.4. The number of benzene rings is 1. The Morgan fingerprint density at radius 2 is 2.40 bits per heavy atom. The molecule has 3 nitrogen and oxygen atoms in total. The summed E-state index contributed by atoms with van der Waals surface area (Å²) in [4.78, 5) is 0. The van der Waals surface area contributed by atoms with Gasteiger partial charge >= 0.3 is 0 Å². The van der Waals surface area contributed by atoms with Crippen molar-refractivity contribution >= 4 is 15.9 Å². The topological polar surface area (TPSA) is 41.5 Å². The first-order valence-electron chi connectivity index (χ1n) is 4.98. The Labute approximate surface area is 97.6 Å². The summed E-state index contributed by atoms with van der Waals surface area (Å²) in [6, 6.07) is 1.91. The molecule has 0 fully saturated rings. The minimum atomic E-state index is 0.195. The molecule has 0 spiro atoms. The molecule has 1 aromatic rings. The van der Waals surface area contributed by atoms with E-state index in [-0.39, 0.29) is 6.10 Å². The Kier molecular flexibility index (Phi) is 2.89. The van der Waals surface area contributed by atoms with Crippen LogP contribution < -0.4 is 10.1 Å². The first kappa shape index (κ1) is 10.8. The zero-order chi connectivity index (χ0) is 11.0. The maximum absolute atomic E-state index is 9.94. The van der Waals surface area contributed by atoms with Gasteiger partial charge in [-0.3, -0.25) is 0 Å². The van der Waals surface area contributed by atoms with Crippen LogP contribution in [0.5, 0.6) is 11.5 Å². The molecule has 1 aliphatic heterocycles. The summed E-state index contributed by atoms with van der Waals surface area (Å²) in [5.41, 5.74) is 1.93. The van der Waals surface area contributed by atoms with Crippen LogP contribution in [0.15, 0.2) is 10.5 Å². The summed E-state index contributed by atoms with van der Waals surface area (Å²) in [7, 11) is 1.85. The quantitative estimate of drug-likeness (QED) is 0.867. The average molecular weight is 272 g/mol. The van der Waals surface area contributed by atoms with Crippen molar-refractivity contribution < 1.29 is 9.84 Å². The van der Waals surface area contributed by atoms with Crippen molar-refractivity contribution in [3.63, 3.8) is 0 Å². The fraction of sp³-hybridized carbons (Fsp3) is 0.455. The van der Waals surface area contributed by atoms with E-state index >= 15 is 0 Å². The molecule has 1 aromatic carbocycles. The number of halogens is 1. The number of hydrogen-bond acceptors (Lipinski definition) is 3. The normalized spacial score (nSPS) is 18.7. The Bertz CT molecular complexity index is 392. The van der Waals surface area contributed by atoms with Crippen molar-refractivity contribution in [3.05, 3.63) is 21.7 Å². The van der Waals surface area contributed by atoms with Gasteiger partial charge < -0.3 is 15.2 Å². The largest absolute Gasteiger partial charge is 0.506 e. The minimum Gasteiger partial charge on any atom is -0.506 e. The van der Waals surface area contributed by atoms with Crippen LogP contribution in [-0.4, -0.2) is 18.3 Å². The zero-order valence-electron chi connectivity index (χ0n) is 8.80. The Morgan fingerprint density at radius 3 is 3.07 bits per heavy atom. The van der Waals surface area contributed by atoms with E-state index in [4.69, 9.17) is 4.74 Å². The summed E-state index contributed by atoms with van der Waals surface area (Å²) in [6.07, 6.45) is 1.05. The van der Waals surface area contributed by atoms with Gasteiger partial charge in [0.15, 0.2) is 0 Å². The van der Waals surface area contributed by atoms with Gasteiger partial charge in [0.05, 0.1) is 4.47 Å². The summed E-state index contributed by atoms with van der Waals surface area (Å²) in [5.74, 6) is 1.21. The fourth-order valence-corrected chi connectivity index (χ4v) is 2.48. The van der Waals surface area contributed by atoms with Crippen molar-refractivity contribution in [1.29, 1.82) is 0 Å². The number of phenols is 1. The third-order valence-corrected chi connectivity index (χ3v) is 3.42. The van der Waals surface area contributed by atoms with E-state index in [0.717, 1.165) is 27.8 Å². The summed E-state index contributed by atoms with van der Waals surface area (Å²) < 4.78 is 6.43. The highest BCUT2D eigenvalue weighted by Crippen LogP contribution is 2.42. The van der Waals surface area contributed by atoms with Crippen LogP contribution in [0.2, 0.25) is 0 Å². The molecular weight excluding hydrogens is 258 g/mol. The molecule has 0 amide bonds. The number of hydrogen-bond donors (Lipinski definition) is 2. The fourth-order valence-electron chi connectivity index (χ4n) is 1.87. The summed E-state index contributed by atoms with van der Waals surface area (Å²) in [5, 5.41) is 13.0. The highest BCUT2D eigenvalue weighted by Gasteiger charge is 2.25. The van der Waals surface area contributed by atoms with Crippen LogP contribution in [0.4, 0.5) is 0 Å². The third-order valence-electron chi connectivity index (χ3n) is 2.57. The Morgan fingerprint density at radius 1 is 1.67 bits per heavy atom. The molecule has 2 N–H and O–H groups in total. The maximum Gasteiger partial charge on any atom is 0.134 e. The number of rotatable bonds is 2. The lowest BCUT2D eigenvalue weighted by molar-refractivity contribution is 0.254. The van der Waals surface area contributed by atoms with Crippen LogP contribution in [0.25, 0.3) is 0 Å². The van der Waals surface area contributed by atoms with Gasteiger partial charge in [0, 0.05) is 24.1 Å². The predicted octanol–water partition coefficient (Wildman–Crippen LogP) is 2.20. The first-order valence-corrected chi connectivity index (χ1v) is 5.77. The van der Waals surface area contributed by atoms with Crippen LogP contribution in [-0.2, 0) is 13.0 Å². The molecule has 1 unspecified atom stereocenters. The van der Waals surface area contributed by atoms with Gasteiger partial charge in [-0.15, -0.1) is 0 Å². The number of phenolic OH excluding ortho intramolecular Hbond substituents is 1. The third kappa shape index (κ3) is 1.84. The molecule has 1 aliphatic rings. The molecule has 82 valence electrons. The Hall–Kier alpha value is -0.740. The van der Waals surface area contributed by atoms with Crippen LogP contribution in [0.1, 0.15) is 18.1 Å². The van der Waals surface area contributed by atoms with Gasteiger partial charge in [-0.05, 0) is 36.0 Å². The van der Waals surface area contributed by atoms with Crippen molar-refractivity contribution in [3.8, 4) is 11.5 Å². The lowest BCUT2D eigenvalue weighted by atomic mass is 10.1. The molecule has 2 rings (SSSR count). The van der Waals surface area contributed by atoms with E-state index in [0.29, 0.717) is 12.3 Å². The number of aromatic hydroxyl groups is 1. The second kappa shape index (κ2) is 4.02. The monoisotopic (exact) mass is 271 g/mol. The van der Waals surface area contributed by atoms with Gasteiger partial charge in [-0.1, -0.05) is 0 Å². The molecule has 0 bridgehead atoms. The molecule has 0 aliphatic carbocycles. The molecule has 0 aromatic heterocycles. The summed E-state index contributed by atoms with van der Waals surface area (Å²) in [6.45, 7) is 2.66. The van der Waals surface area contributed by atoms with E-state index < -0.39 is 0 Å². The van der Waals surface area contributed by atoms with Crippen LogP contribution in [0.3, 0.4) is 0 Å². The van der Waals surface area contributed by atoms with Gasteiger partial charge in [0.1, 0.15) is 17.6 Å². The molecule has 0 saturated carbocycles. The van der Waals surface area contributed by atoms with E-state index in [2.05, 4.69) is 21.2 Å². The standard InChI is InChI=1S/C11H14BrNO2/c1-6-3-8-9(15-6)4-7(5-13-2)11(14)10(8)12/h4,6,13-14H,3,5H2,1-2H3. The SMILES string of the molecule is CNCc1cc2c(c(Br)c1O)CC(C)O2. The molecule has 4 heteroatoms.